The number of rotatable bonds is 4. The van der Waals surface area contributed by atoms with E-state index in [1.807, 2.05) is 25.1 Å². The van der Waals surface area contributed by atoms with Crippen LogP contribution in [0.15, 0.2) is 27.2 Å². The Morgan fingerprint density at radius 3 is 2.86 bits per heavy atom. The molecule has 1 aromatic carbocycles. The Hall–Kier alpha value is -1.40. The van der Waals surface area contributed by atoms with Crippen LogP contribution >= 0.6 is 15.9 Å². The molecule has 1 aliphatic rings. The van der Waals surface area contributed by atoms with E-state index in [9.17, 15) is 0 Å². The number of anilines is 1. The third kappa shape index (κ3) is 2.70. The first-order valence-corrected chi connectivity index (χ1v) is 7.97. The molecule has 0 bridgehead atoms. The molecule has 0 atom stereocenters. The molecule has 21 heavy (non-hydrogen) atoms. The summed E-state index contributed by atoms with van der Waals surface area (Å²) in [4.78, 5) is 4.57. The van der Waals surface area contributed by atoms with Crippen LogP contribution in [0.3, 0.4) is 0 Å². The van der Waals surface area contributed by atoms with Gasteiger partial charge in [-0.3, -0.25) is 0 Å². The van der Waals surface area contributed by atoms with Gasteiger partial charge in [0.05, 0.1) is 5.56 Å². The number of hydrogen-bond acceptors (Lipinski definition) is 5. The number of hydrogen-bond donors (Lipinski definition) is 1. The minimum Gasteiger partial charge on any atom is -0.399 e. The molecule has 1 fully saturated rings. The molecule has 2 aromatic rings. The second kappa shape index (κ2) is 5.77. The van der Waals surface area contributed by atoms with Gasteiger partial charge in [-0.2, -0.15) is 4.98 Å². The topological polar surface area (TPSA) is 74.2 Å². The van der Waals surface area contributed by atoms with E-state index >= 15 is 0 Å². The first-order chi connectivity index (χ1) is 10.1. The first kappa shape index (κ1) is 14.5. The number of nitrogen functional groups attached to an aromatic ring is 1. The van der Waals surface area contributed by atoms with Crippen LogP contribution in [-0.4, -0.2) is 16.7 Å². The van der Waals surface area contributed by atoms with Gasteiger partial charge in [-0.05, 0) is 66.7 Å². The highest BCUT2D eigenvalue weighted by Gasteiger charge is 2.41. The predicted molar refractivity (Wildman–Crippen MR) is 83.6 cm³/mol. The fraction of sp³-hybridized carbons (Fsp3) is 0.467. The number of benzene rings is 1. The zero-order valence-electron chi connectivity index (χ0n) is 11.9. The number of ether oxygens (including phenoxy) is 1. The maximum atomic E-state index is 5.96. The molecule has 0 spiro atoms. The Balaban J connectivity index is 1.97. The van der Waals surface area contributed by atoms with E-state index < -0.39 is 0 Å². The molecule has 1 aliphatic carbocycles. The summed E-state index contributed by atoms with van der Waals surface area (Å²) < 4.78 is 12.3. The average molecular weight is 352 g/mol. The lowest BCUT2D eigenvalue weighted by Gasteiger charge is -2.24. The Labute approximate surface area is 132 Å². The molecular formula is C15H18BrN3O2. The summed E-state index contributed by atoms with van der Waals surface area (Å²) in [6.45, 7) is 2.64. The summed E-state index contributed by atoms with van der Waals surface area (Å²) >= 11 is 3.49. The van der Waals surface area contributed by atoms with Crippen molar-refractivity contribution >= 4 is 21.6 Å². The standard InChI is InChI=1S/C15H18BrN3O2/c1-2-20-15(7-3-4-8-15)14-18-13(21-19-14)11-9-10(17)5-6-12(11)16/h5-6,9H,2-4,7-8,17H2,1H3. The molecule has 0 unspecified atom stereocenters. The van der Waals surface area contributed by atoms with Crippen molar-refractivity contribution < 1.29 is 9.26 Å². The molecule has 1 heterocycles. The van der Waals surface area contributed by atoms with E-state index in [-0.39, 0.29) is 5.60 Å². The Bertz CT molecular complexity index is 636. The summed E-state index contributed by atoms with van der Waals surface area (Å²) in [6.07, 6.45) is 4.15. The van der Waals surface area contributed by atoms with Gasteiger partial charge in [-0.25, -0.2) is 0 Å². The Morgan fingerprint density at radius 1 is 1.38 bits per heavy atom. The maximum absolute atomic E-state index is 5.96. The Morgan fingerprint density at radius 2 is 2.14 bits per heavy atom. The van der Waals surface area contributed by atoms with Gasteiger partial charge in [0.15, 0.2) is 0 Å². The summed E-state index contributed by atoms with van der Waals surface area (Å²) in [5, 5.41) is 4.16. The second-order valence-corrected chi connectivity index (χ2v) is 6.15. The summed E-state index contributed by atoms with van der Waals surface area (Å²) in [6, 6.07) is 5.52. The fourth-order valence-corrected chi connectivity index (χ4v) is 3.30. The van der Waals surface area contributed by atoms with E-state index in [0.717, 1.165) is 35.7 Å². The van der Waals surface area contributed by atoms with Crippen molar-refractivity contribution in [2.75, 3.05) is 12.3 Å². The minimum absolute atomic E-state index is 0.386. The summed E-state index contributed by atoms with van der Waals surface area (Å²) in [5.74, 6) is 1.11. The highest BCUT2D eigenvalue weighted by atomic mass is 79.9. The highest BCUT2D eigenvalue weighted by molar-refractivity contribution is 9.10. The zero-order valence-corrected chi connectivity index (χ0v) is 13.5. The van der Waals surface area contributed by atoms with Gasteiger partial charge in [-0.1, -0.05) is 5.16 Å². The molecule has 3 rings (SSSR count). The zero-order chi connectivity index (χ0) is 14.9. The molecule has 5 nitrogen and oxygen atoms in total. The van der Waals surface area contributed by atoms with Crippen LogP contribution in [0, 0.1) is 0 Å². The van der Waals surface area contributed by atoms with Crippen LogP contribution in [0.1, 0.15) is 38.4 Å². The van der Waals surface area contributed by atoms with Gasteiger partial charge in [-0.15, -0.1) is 0 Å². The van der Waals surface area contributed by atoms with Crippen molar-refractivity contribution in [2.24, 2.45) is 0 Å². The van der Waals surface area contributed by atoms with Gasteiger partial charge >= 0.3 is 0 Å². The molecule has 0 radical (unpaired) electrons. The van der Waals surface area contributed by atoms with E-state index in [4.69, 9.17) is 15.0 Å². The fourth-order valence-electron chi connectivity index (χ4n) is 2.88. The lowest BCUT2D eigenvalue weighted by molar-refractivity contribution is -0.0469. The molecule has 6 heteroatoms. The molecular weight excluding hydrogens is 334 g/mol. The largest absolute Gasteiger partial charge is 0.399 e. The predicted octanol–water partition coefficient (Wildman–Crippen LogP) is 3.89. The van der Waals surface area contributed by atoms with E-state index in [1.165, 1.54) is 0 Å². The molecule has 112 valence electrons. The van der Waals surface area contributed by atoms with Crippen molar-refractivity contribution in [2.45, 2.75) is 38.2 Å². The van der Waals surface area contributed by atoms with Gasteiger partial charge < -0.3 is 15.0 Å². The van der Waals surface area contributed by atoms with Gasteiger partial charge in [0.25, 0.3) is 5.89 Å². The van der Waals surface area contributed by atoms with E-state index in [0.29, 0.717) is 24.0 Å². The van der Waals surface area contributed by atoms with Crippen LogP contribution in [0.25, 0.3) is 11.5 Å². The quantitative estimate of drug-likeness (QED) is 0.845. The molecule has 0 aliphatic heterocycles. The van der Waals surface area contributed by atoms with Crippen LogP contribution in [0.2, 0.25) is 0 Å². The number of nitrogens with zero attached hydrogens (tertiary/aromatic N) is 2. The van der Waals surface area contributed by atoms with Crippen molar-refractivity contribution in [3.63, 3.8) is 0 Å². The summed E-state index contributed by atoms with van der Waals surface area (Å²) in [5.41, 5.74) is 6.91. The van der Waals surface area contributed by atoms with Crippen molar-refractivity contribution in [3.05, 3.63) is 28.5 Å². The average Bonchev–Trinajstić information content (AvgIpc) is 3.11. The lowest BCUT2D eigenvalue weighted by Crippen LogP contribution is -2.27. The van der Waals surface area contributed by atoms with Crippen LogP contribution in [0.4, 0.5) is 5.69 Å². The Kier molecular flexibility index (Phi) is 3.99. The lowest BCUT2D eigenvalue weighted by atomic mass is 10.0. The van der Waals surface area contributed by atoms with Gasteiger partial charge in [0.1, 0.15) is 5.60 Å². The van der Waals surface area contributed by atoms with Crippen molar-refractivity contribution in [1.82, 2.24) is 10.1 Å². The molecule has 0 amide bonds. The number of aromatic nitrogens is 2. The van der Waals surface area contributed by atoms with Crippen molar-refractivity contribution in [1.29, 1.82) is 0 Å². The normalized spacial score (nSPS) is 17.2. The van der Waals surface area contributed by atoms with Crippen molar-refractivity contribution in [3.8, 4) is 11.5 Å². The molecule has 2 N–H and O–H groups in total. The third-order valence-electron chi connectivity index (χ3n) is 3.89. The molecule has 0 saturated heterocycles. The SMILES string of the molecule is CCOC1(c2noc(-c3cc(N)ccc3Br)n2)CCCC1. The van der Waals surface area contributed by atoms with Gasteiger partial charge in [0.2, 0.25) is 5.82 Å². The third-order valence-corrected chi connectivity index (χ3v) is 4.58. The van der Waals surface area contributed by atoms with Crippen LogP contribution < -0.4 is 5.73 Å². The molecule has 1 saturated carbocycles. The van der Waals surface area contributed by atoms with Gasteiger partial charge in [0, 0.05) is 16.8 Å². The van der Waals surface area contributed by atoms with E-state index in [2.05, 4.69) is 26.1 Å². The second-order valence-electron chi connectivity index (χ2n) is 5.30. The minimum atomic E-state index is -0.386. The maximum Gasteiger partial charge on any atom is 0.259 e. The molecule has 1 aromatic heterocycles. The number of halogens is 1. The number of nitrogens with two attached hydrogens (primary N) is 1. The smallest absolute Gasteiger partial charge is 0.259 e. The monoisotopic (exact) mass is 351 g/mol. The summed E-state index contributed by atoms with van der Waals surface area (Å²) in [7, 11) is 0. The van der Waals surface area contributed by atoms with Crippen LogP contribution in [-0.2, 0) is 10.3 Å². The highest BCUT2D eigenvalue weighted by Crippen LogP contribution is 2.41. The van der Waals surface area contributed by atoms with Crippen LogP contribution in [0.5, 0.6) is 0 Å². The first-order valence-electron chi connectivity index (χ1n) is 7.18. The van der Waals surface area contributed by atoms with E-state index in [1.54, 1.807) is 0 Å².